The molecule has 1 aromatic heterocycles. The van der Waals surface area contributed by atoms with Crippen molar-refractivity contribution < 1.29 is 4.74 Å². The number of nitrogens with two attached hydrogens (primary N) is 1. The van der Waals surface area contributed by atoms with Crippen LogP contribution in [-0.4, -0.2) is 22.1 Å². The topological polar surface area (TPSA) is 66.0 Å². The van der Waals surface area contributed by atoms with Gasteiger partial charge in [-0.05, 0) is 24.3 Å². The number of hydrogen-bond donors (Lipinski definition) is 1. The molecule has 1 heterocycles. The summed E-state index contributed by atoms with van der Waals surface area (Å²) < 4.78 is 7.09. The van der Waals surface area contributed by atoms with Gasteiger partial charge in [-0.3, -0.25) is 0 Å². The molecule has 0 saturated heterocycles. The molecule has 0 aliphatic heterocycles. The van der Waals surface area contributed by atoms with E-state index >= 15 is 0 Å². The van der Waals surface area contributed by atoms with Crippen LogP contribution >= 0.6 is 0 Å². The van der Waals surface area contributed by atoms with Crippen molar-refractivity contribution in [2.45, 2.75) is 6.54 Å². The molecule has 3 aromatic rings. The first-order valence-electron chi connectivity index (χ1n) is 6.68. The summed E-state index contributed by atoms with van der Waals surface area (Å²) in [7, 11) is 1.65. The second-order valence-corrected chi connectivity index (χ2v) is 4.57. The van der Waals surface area contributed by atoms with Crippen molar-refractivity contribution in [3.63, 3.8) is 0 Å². The van der Waals surface area contributed by atoms with Crippen molar-refractivity contribution in [3.05, 3.63) is 60.3 Å². The van der Waals surface area contributed by atoms with E-state index in [0.717, 1.165) is 28.4 Å². The molecule has 0 bridgehead atoms. The van der Waals surface area contributed by atoms with Crippen molar-refractivity contribution in [1.29, 1.82) is 0 Å². The average molecular weight is 280 g/mol. The smallest absolute Gasteiger partial charge is 0.119 e. The van der Waals surface area contributed by atoms with Crippen LogP contribution in [0.3, 0.4) is 0 Å². The van der Waals surface area contributed by atoms with E-state index in [1.165, 1.54) is 0 Å². The molecule has 0 saturated carbocycles. The highest BCUT2D eigenvalue weighted by molar-refractivity contribution is 5.66. The molecular formula is C16H16N4O. The zero-order valence-corrected chi connectivity index (χ0v) is 11.7. The molecule has 0 aliphatic carbocycles. The van der Waals surface area contributed by atoms with Crippen LogP contribution in [0.1, 0.15) is 5.69 Å². The summed E-state index contributed by atoms with van der Waals surface area (Å²) in [6.07, 6.45) is 0. The van der Waals surface area contributed by atoms with Crippen LogP contribution in [0.5, 0.6) is 5.75 Å². The Bertz CT molecular complexity index is 737. The third-order valence-electron chi connectivity index (χ3n) is 3.28. The lowest BCUT2D eigenvalue weighted by Gasteiger charge is -2.09. The number of hydrogen-bond acceptors (Lipinski definition) is 4. The predicted molar refractivity (Wildman–Crippen MR) is 81.2 cm³/mol. The minimum atomic E-state index is 0.333. The van der Waals surface area contributed by atoms with Crippen LogP contribution in [0.25, 0.3) is 16.9 Å². The van der Waals surface area contributed by atoms with Gasteiger partial charge in [0, 0.05) is 12.1 Å². The predicted octanol–water partition coefficient (Wildman–Crippen LogP) is 2.40. The summed E-state index contributed by atoms with van der Waals surface area (Å²) in [5.41, 5.74) is 9.37. The fourth-order valence-electron chi connectivity index (χ4n) is 2.26. The van der Waals surface area contributed by atoms with Gasteiger partial charge in [-0.15, -0.1) is 5.10 Å². The molecule has 0 fully saturated rings. The Morgan fingerprint density at radius 2 is 1.90 bits per heavy atom. The van der Waals surface area contributed by atoms with E-state index in [1.54, 1.807) is 11.8 Å². The quantitative estimate of drug-likeness (QED) is 0.797. The molecule has 5 heteroatoms. The Morgan fingerprint density at radius 3 is 2.62 bits per heavy atom. The Morgan fingerprint density at radius 1 is 1.10 bits per heavy atom. The third-order valence-corrected chi connectivity index (χ3v) is 3.28. The van der Waals surface area contributed by atoms with Crippen LogP contribution in [0.2, 0.25) is 0 Å². The van der Waals surface area contributed by atoms with Gasteiger partial charge in [0.15, 0.2) is 0 Å². The van der Waals surface area contributed by atoms with E-state index in [9.17, 15) is 0 Å². The second kappa shape index (κ2) is 5.76. The molecule has 2 N–H and O–H groups in total. The summed E-state index contributed by atoms with van der Waals surface area (Å²) in [5, 5.41) is 8.42. The van der Waals surface area contributed by atoms with E-state index in [-0.39, 0.29) is 0 Å². The molecule has 0 spiro atoms. The van der Waals surface area contributed by atoms with Gasteiger partial charge in [0.2, 0.25) is 0 Å². The number of benzene rings is 2. The Labute approximate surface area is 123 Å². The van der Waals surface area contributed by atoms with Gasteiger partial charge in [0.25, 0.3) is 0 Å². The molecule has 0 unspecified atom stereocenters. The first-order chi connectivity index (χ1) is 10.3. The second-order valence-electron chi connectivity index (χ2n) is 4.57. The summed E-state index contributed by atoms with van der Waals surface area (Å²) in [5.74, 6) is 0.788. The summed E-state index contributed by atoms with van der Waals surface area (Å²) in [6.45, 7) is 0.333. The fourth-order valence-corrected chi connectivity index (χ4v) is 2.26. The summed E-state index contributed by atoms with van der Waals surface area (Å²) in [4.78, 5) is 0. The third kappa shape index (κ3) is 2.51. The average Bonchev–Trinajstić information content (AvgIpc) is 2.99. The number of rotatable bonds is 4. The van der Waals surface area contributed by atoms with Crippen molar-refractivity contribution >= 4 is 0 Å². The molecule has 0 amide bonds. The largest absolute Gasteiger partial charge is 0.497 e. The lowest BCUT2D eigenvalue weighted by Crippen LogP contribution is -2.02. The maximum atomic E-state index is 5.80. The Balaban J connectivity index is 2.18. The van der Waals surface area contributed by atoms with Crippen molar-refractivity contribution in [2.75, 3.05) is 7.11 Å². The molecule has 2 aromatic carbocycles. The number of ether oxygens (including phenoxy) is 1. The molecule has 21 heavy (non-hydrogen) atoms. The molecule has 5 nitrogen and oxygen atoms in total. The number of nitrogens with zero attached hydrogens (tertiary/aromatic N) is 3. The van der Waals surface area contributed by atoms with Gasteiger partial charge in [0.05, 0.1) is 18.5 Å². The van der Waals surface area contributed by atoms with E-state index in [4.69, 9.17) is 10.5 Å². The SMILES string of the molecule is COc1cccc(-c2c(CN)nnn2-c2ccccc2)c1. The van der Waals surface area contributed by atoms with Gasteiger partial charge < -0.3 is 10.5 Å². The van der Waals surface area contributed by atoms with E-state index in [0.29, 0.717) is 6.54 Å². The van der Waals surface area contributed by atoms with E-state index in [2.05, 4.69) is 10.3 Å². The van der Waals surface area contributed by atoms with Crippen molar-refractivity contribution in [1.82, 2.24) is 15.0 Å². The van der Waals surface area contributed by atoms with Gasteiger partial charge >= 0.3 is 0 Å². The molecule has 3 rings (SSSR count). The highest BCUT2D eigenvalue weighted by Gasteiger charge is 2.15. The van der Waals surface area contributed by atoms with Crippen LogP contribution in [0.15, 0.2) is 54.6 Å². The van der Waals surface area contributed by atoms with Gasteiger partial charge in [-0.2, -0.15) is 0 Å². The van der Waals surface area contributed by atoms with Crippen LogP contribution in [-0.2, 0) is 6.54 Å². The Hall–Kier alpha value is -2.66. The number of methoxy groups -OCH3 is 1. The summed E-state index contributed by atoms with van der Waals surface area (Å²) >= 11 is 0. The van der Waals surface area contributed by atoms with E-state index in [1.807, 2.05) is 54.6 Å². The van der Waals surface area contributed by atoms with Crippen molar-refractivity contribution in [3.8, 4) is 22.7 Å². The van der Waals surface area contributed by atoms with Gasteiger partial charge in [-0.25, -0.2) is 4.68 Å². The van der Waals surface area contributed by atoms with E-state index < -0.39 is 0 Å². The van der Waals surface area contributed by atoms with Crippen LogP contribution in [0.4, 0.5) is 0 Å². The first kappa shape index (κ1) is 13.3. The zero-order chi connectivity index (χ0) is 14.7. The lowest BCUT2D eigenvalue weighted by molar-refractivity contribution is 0.415. The van der Waals surface area contributed by atoms with Crippen molar-refractivity contribution in [2.24, 2.45) is 5.73 Å². The Kier molecular flexibility index (Phi) is 3.66. The fraction of sp³-hybridized carbons (Fsp3) is 0.125. The number of para-hydroxylation sites is 1. The van der Waals surface area contributed by atoms with Crippen LogP contribution in [0, 0.1) is 0 Å². The lowest BCUT2D eigenvalue weighted by atomic mass is 10.1. The monoisotopic (exact) mass is 280 g/mol. The minimum absolute atomic E-state index is 0.333. The van der Waals surface area contributed by atoms with Gasteiger partial charge in [0.1, 0.15) is 11.4 Å². The van der Waals surface area contributed by atoms with Crippen LogP contribution < -0.4 is 10.5 Å². The highest BCUT2D eigenvalue weighted by Crippen LogP contribution is 2.27. The molecular weight excluding hydrogens is 264 g/mol. The molecule has 106 valence electrons. The molecule has 0 aliphatic rings. The minimum Gasteiger partial charge on any atom is -0.497 e. The molecule has 0 radical (unpaired) electrons. The normalized spacial score (nSPS) is 10.6. The maximum Gasteiger partial charge on any atom is 0.119 e. The zero-order valence-electron chi connectivity index (χ0n) is 11.7. The standard InChI is InChI=1S/C16H16N4O/c1-21-14-9-5-6-12(10-14)16-15(11-17)18-19-20(16)13-7-3-2-4-8-13/h2-10H,11,17H2,1H3. The first-order valence-corrected chi connectivity index (χ1v) is 6.68. The van der Waals surface area contributed by atoms with Gasteiger partial charge in [-0.1, -0.05) is 35.5 Å². The highest BCUT2D eigenvalue weighted by atomic mass is 16.5. The molecule has 0 atom stereocenters. The number of aromatic nitrogens is 3. The maximum absolute atomic E-state index is 5.80. The summed E-state index contributed by atoms with van der Waals surface area (Å²) in [6, 6.07) is 17.7.